The normalized spacial score (nSPS) is 19.0. The van der Waals surface area contributed by atoms with Gasteiger partial charge in [0, 0.05) is 22.3 Å². The van der Waals surface area contributed by atoms with Crippen LogP contribution in [-0.4, -0.2) is 30.4 Å². The molecule has 0 saturated carbocycles. The van der Waals surface area contributed by atoms with E-state index in [1.165, 1.54) is 0 Å². The quantitative estimate of drug-likeness (QED) is 0.323. The average Bonchev–Trinajstić information content (AvgIpc) is 2.74. The van der Waals surface area contributed by atoms with Gasteiger partial charge in [0.1, 0.15) is 30.4 Å². The van der Waals surface area contributed by atoms with E-state index >= 15 is 0 Å². The van der Waals surface area contributed by atoms with Crippen LogP contribution in [0.2, 0.25) is 52.4 Å². The minimum absolute atomic E-state index is 1.05. The standard InChI is InChI=1S/C28H32Si4/c1-29(2)21-17-25-13-9-10-15-27(25)19-23-31(5,6)32(7,8)24-20-28-16-12-11-14-26(28)18-22-30(29,3)4/h9-16H,1-8H3. The second-order valence-electron chi connectivity index (χ2n) is 10.6. The summed E-state index contributed by atoms with van der Waals surface area (Å²) in [6, 6.07) is 16.7. The monoisotopic (exact) mass is 480 g/mol. The molecule has 1 heterocycles. The third-order valence-corrected chi connectivity index (χ3v) is 36.5. The summed E-state index contributed by atoms with van der Waals surface area (Å²) in [6.45, 7) is 19.0. The molecule has 0 bridgehead atoms. The van der Waals surface area contributed by atoms with Gasteiger partial charge in [0.25, 0.3) is 0 Å². The Morgan fingerprint density at radius 2 is 0.562 bits per heavy atom. The van der Waals surface area contributed by atoms with Crippen molar-refractivity contribution >= 4 is 30.4 Å². The van der Waals surface area contributed by atoms with Crippen LogP contribution < -0.4 is 0 Å². The van der Waals surface area contributed by atoms with Gasteiger partial charge >= 0.3 is 0 Å². The van der Waals surface area contributed by atoms with E-state index in [0.717, 1.165) is 22.3 Å². The molecular formula is C28H32Si4. The number of hydrogen-bond acceptors (Lipinski definition) is 0. The Morgan fingerprint density at radius 1 is 0.375 bits per heavy atom. The Morgan fingerprint density at radius 3 is 0.750 bits per heavy atom. The van der Waals surface area contributed by atoms with Crippen molar-refractivity contribution in [1.29, 1.82) is 0 Å². The molecule has 2 aromatic rings. The van der Waals surface area contributed by atoms with Gasteiger partial charge in [-0.3, -0.25) is 0 Å². The Labute approximate surface area is 198 Å². The van der Waals surface area contributed by atoms with Crippen LogP contribution in [0.15, 0.2) is 48.5 Å². The van der Waals surface area contributed by atoms with E-state index in [0.29, 0.717) is 0 Å². The van der Waals surface area contributed by atoms with Crippen molar-refractivity contribution in [2.75, 3.05) is 0 Å². The molecule has 32 heavy (non-hydrogen) atoms. The fourth-order valence-electron chi connectivity index (χ4n) is 2.92. The van der Waals surface area contributed by atoms with Crippen LogP contribution in [0.1, 0.15) is 22.3 Å². The summed E-state index contributed by atoms with van der Waals surface area (Å²) in [4.78, 5) is 0. The first-order valence-corrected chi connectivity index (χ1v) is 25.2. The average molecular weight is 481 g/mol. The predicted octanol–water partition coefficient (Wildman–Crippen LogP) is 5.95. The van der Waals surface area contributed by atoms with E-state index in [1.54, 1.807) is 0 Å². The highest BCUT2D eigenvalue weighted by Gasteiger charge is 2.40. The van der Waals surface area contributed by atoms with Gasteiger partial charge in [-0.2, -0.15) is 0 Å². The molecule has 0 nitrogen and oxygen atoms in total. The Hall–Kier alpha value is -2.45. The van der Waals surface area contributed by atoms with Crippen LogP contribution in [0.4, 0.5) is 0 Å². The minimum Gasteiger partial charge on any atom is -0.128 e. The van der Waals surface area contributed by atoms with Crippen molar-refractivity contribution in [3.63, 3.8) is 0 Å². The van der Waals surface area contributed by atoms with Gasteiger partial charge in [-0.1, -0.05) is 100 Å². The zero-order valence-corrected chi connectivity index (χ0v) is 24.6. The van der Waals surface area contributed by atoms with Crippen LogP contribution in [-0.2, 0) is 0 Å². The molecule has 0 aliphatic carbocycles. The van der Waals surface area contributed by atoms with Crippen molar-refractivity contribution in [2.45, 2.75) is 52.4 Å². The van der Waals surface area contributed by atoms with Gasteiger partial charge < -0.3 is 0 Å². The molecule has 3 rings (SSSR count). The third kappa shape index (κ3) is 5.13. The highest BCUT2D eigenvalue weighted by atomic mass is 29.3. The molecule has 0 saturated heterocycles. The van der Waals surface area contributed by atoms with Crippen molar-refractivity contribution in [3.8, 4) is 45.9 Å². The van der Waals surface area contributed by atoms with E-state index in [-0.39, 0.29) is 0 Å². The summed E-state index contributed by atoms with van der Waals surface area (Å²) >= 11 is 0. The maximum atomic E-state index is 3.72. The first kappa shape index (κ1) is 24.2. The lowest BCUT2D eigenvalue weighted by Gasteiger charge is -2.28. The third-order valence-electron chi connectivity index (χ3n) is 7.02. The molecule has 0 aromatic heterocycles. The van der Waals surface area contributed by atoms with Crippen LogP contribution in [0, 0.1) is 45.9 Å². The van der Waals surface area contributed by atoms with Gasteiger partial charge in [-0.05, 0) is 24.3 Å². The number of rotatable bonds is 0. The van der Waals surface area contributed by atoms with Crippen molar-refractivity contribution in [3.05, 3.63) is 70.8 Å². The maximum absolute atomic E-state index is 3.72. The van der Waals surface area contributed by atoms with Gasteiger partial charge in [-0.25, -0.2) is 0 Å². The molecule has 0 fully saturated rings. The highest BCUT2D eigenvalue weighted by Crippen LogP contribution is 2.21. The summed E-state index contributed by atoms with van der Waals surface area (Å²) in [5.74, 6) is 14.1. The van der Waals surface area contributed by atoms with Crippen molar-refractivity contribution in [1.82, 2.24) is 0 Å². The predicted molar refractivity (Wildman–Crippen MR) is 150 cm³/mol. The minimum atomic E-state index is -1.85. The second kappa shape index (κ2) is 8.82. The van der Waals surface area contributed by atoms with E-state index in [9.17, 15) is 0 Å². The zero-order chi connectivity index (χ0) is 23.6. The number of benzene rings is 2. The molecule has 1 aliphatic heterocycles. The van der Waals surface area contributed by atoms with Crippen LogP contribution in [0.5, 0.6) is 0 Å². The molecule has 1 aliphatic rings. The van der Waals surface area contributed by atoms with Crippen LogP contribution in [0.25, 0.3) is 0 Å². The van der Waals surface area contributed by atoms with E-state index in [4.69, 9.17) is 0 Å². The van der Waals surface area contributed by atoms with Gasteiger partial charge in [-0.15, -0.1) is 22.2 Å². The molecular weight excluding hydrogens is 449 g/mol. The van der Waals surface area contributed by atoms with Crippen LogP contribution in [0.3, 0.4) is 0 Å². The van der Waals surface area contributed by atoms with Gasteiger partial charge in [0.05, 0.1) is 0 Å². The van der Waals surface area contributed by atoms with E-state index in [2.05, 4.69) is 147 Å². The lowest BCUT2D eigenvalue weighted by atomic mass is 10.1. The lowest BCUT2D eigenvalue weighted by Crippen LogP contribution is -2.53. The molecule has 2 aromatic carbocycles. The summed E-state index contributed by atoms with van der Waals surface area (Å²) < 4.78 is 0. The zero-order valence-electron chi connectivity index (χ0n) is 20.6. The molecule has 160 valence electrons. The molecule has 0 amide bonds. The van der Waals surface area contributed by atoms with E-state index < -0.39 is 30.4 Å². The largest absolute Gasteiger partial charge is 0.138 e. The molecule has 0 atom stereocenters. The number of hydrogen-bond donors (Lipinski definition) is 0. The Balaban J connectivity index is 2.30. The van der Waals surface area contributed by atoms with E-state index in [1.807, 2.05) is 0 Å². The fourth-order valence-corrected chi connectivity index (χ4v) is 10.5. The Bertz CT molecular complexity index is 1090. The number of fused-ring (bicyclic) bond motifs is 2. The van der Waals surface area contributed by atoms with Gasteiger partial charge in [0.2, 0.25) is 0 Å². The topological polar surface area (TPSA) is 0 Å². The lowest BCUT2D eigenvalue weighted by molar-refractivity contribution is 1.59. The summed E-state index contributed by atoms with van der Waals surface area (Å²) in [7, 11) is -7.40. The smallest absolute Gasteiger partial charge is 0.128 e. The maximum Gasteiger partial charge on any atom is 0.138 e. The van der Waals surface area contributed by atoms with Gasteiger partial charge in [0.15, 0.2) is 0 Å². The van der Waals surface area contributed by atoms with Crippen LogP contribution >= 0.6 is 0 Å². The molecule has 0 unspecified atom stereocenters. The summed E-state index contributed by atoms with van der Waals surface area (Å²) in [5, 5.41) is 0. The van der Waals surface area contributed by atoms with Crippen molar-refractivity contribution in [2.24, 2.45) is 0 Å². The second-order valence-corrected chi connectivity index (χ2v) is 39.6. The first-order chi connectivity index (χ1) is 14.8. The molecule has 0 N–H and O–H groups in total. The summed E-state index contributed by atoms with van der Waals surface area (Å²) in [6.07, 6.45) is 0. The molecule has 0 radical (unpaired) electrons. The Kier molecular flexibility index (Phi) is 6.67. The molecule has 4 heteroatoms. The summed E-state index contributed by atoms with van der Waals surface area (Å²) in [5.41, 5.74) is 19.1. The first-order valence-electron chi connectivity index (χ1n) is 11.2. The van der Waals surface area contributed by atoms with Crippen molar-refractivity contribution < 1.29 is 0 Å². The molecule has 0 spiro atoms. The SMILES string of the molecule is C[Si]1(C)C#Cc2ccccc2C#C[Si](C)(C)[Si](C)(C)C#Cc2ccccc2C#C[Si]1(C)C. The highest BCUT2D eigenvalue weighted by molar-refractivity contribution is 7.47. The fraction of sp³-hybridized carbons (Fsp3) is 0.286.